The fraction of sp³-hybridized carbons (Fsp3) is 0.364. The van der Waals surface area contributed by atoms with Crippen molar-refractivity contribution in [2.75, 3.05) is 6.61 Å². The molecule has 0 heterocycles. The molecule has 2 nitrogen and oxygen atoms in total. The molecule has 25 heavy (non-hydrogen) atoms. The predicted octanol–water partition coefficient (Wildman–Crippen LogP) is 4.64. The Hall–Kier alpha value is -1.61. The van der Waals surface area contributed by atoms with Gasteiger partial charge in [-0.15, -0.1) is 0 Å². The molecule has 0 fully saturated rings. The Balaban J connectivity index is 1.86. The number of benzene rings is 2. The van der Waals surface area contributed by atoms with Crippen LogP contribution in [-0.2, 0) is 12.8 Å². The molecule has 2 N–H and O–H groups in total. The summed E-state index contributed by atoms with van der Waals surface area (Å²) in [5.41, 5.74) is 5.84. The number of rotatable bonds is 5. The van der Waals surface area contributed by atoms with E-state index in [1.807, 2.05) is 12.1 Å². The second kappa shape index (κ2) is 8.18. The Labute approximate surface area is 154 Å². The van der Waals surface area contributed by atoms with Crippen molar-refractivity contribution in [2.24, 2.45) is 5.92 Å². The third-order valence-electron chi connectivity index (χ3n) is 4.94. The topological polar surface area (TPSA) is 40.5 Å². The van der Waals surface area contributed by atoms with Crippen molar-refractivity contribution in [3.63, 3.8) is 0 Å². The average molecular weight is 357 g/mol. The summed E-state index contributed by atoms with van der Waals surface area (Å²) in [6.07, 6.45) is 4.79. The van der Waals surface area contributed by atoms with Gasteiger partial charge < -0.3 is 10.2 Å². The lowest BCUT2D eigenvalue weighted by Gasteiger charge is -2.24. The summed E-state index contributed by atoms with van der Waals surface area (Å²) in [7, 11) is 0. The molecule has 132 valence electrons. The first-order valence-electron chi connectivity index (χ1n) is 8.95. The maximum absolute atomic E-state index is 10.1. The van der Waals surface area contributed by atoms with Crippen LogP contribution in [0.1, 0.15) is 42.0 Å². The second-order valence-electron chi connectivity index (χ2n) is 6.88. The first kappa shape index (κ1) is 18.2. The molecule has 2 aromatic carbocycles. The van der Waals surface area contributed by atoms with Crippen molar-refractivity contribution in [3.05, 3.63) is 75.8 Å². The zero-order chi connectivity index (χ0) is 17.8. The van der Waals surface area contributed by atoms with Gasteiger partial charge in [-0.1, -0.05) is 54.9 Å². The minimum atomic E-state index is -0.391. The summed E-state index contributed by atoms with van der Waals surface area (Å²) in [4.78, 5) is 0. The summed E-state index contributed by atoms with van der Waals surface area (Å²) in [6, 6.07) is 14.7. The van der Waals surface area contributed by atoms with Crippen LogP contribution in [0, 0.1) is 5.92 Å². The Kier molecular flexibility index (Phi) is 5.95. The predicted molar refractivity (Wildman–Crippen MR) is 104 cm³/mol. The quantitative estimate of drug-likeness (QED) is 0.819. The highest BCUT2D eigenvalue weighted by molar-refractivity contribution is 6.31. The van der Waals surface area contributed by atoms with Gasteiger partial charge in [-0.25, -0.2) is 0 Å². The monoisotopic (exact) mass is 356 g/mol. The largest absolute Gasteiger partial charge is 0.396 e. The summed E-state index contributed by atoms with van der Waals surface area (Å²) in [6.45, 7) is 2.23. The third-order valence-corrected chi connectivity index (χ3v) is 5.31. The molecule has 0 saturated carbocycles. The average Bonchev–Trinajstić information content (AvgIpc) is 2.63. The summed E-state index contributed by atoms with van der Waals surface area (Å²) in [5, 5.41) is 20.3. The van der Waals surface area contributed by atoms with Crippen molar-refractivity contribution in [3.8, 4) is 0 Å². The van der Waals surface area contributed by atoms with Crippen LogP contribution in [0.4, 0.5) is 0 Å². The first-order chi connectivity index (χ1) is 12.1. The van der Waals surface area contributed by atoms with Gasteiger partial charge in [-0.2, -0.15) is 0 Å². The fourth-order valence-electron chi connectivity index (χ4n) is 3.47. The van der Waals surface area contributed by atoms with E-state index in [0.717, 1.165) is 34.6 Å². The van der Waals surface area contributed by atoms with Gasteiger partial charge in [0.2, 0.25) is 0 Å². The number of aliphatic hydroxyl groups excluding tert-OH is 2. The highest BCUT2D eigenvalue weighted by atomic mass is 35.5. The van der Waals surface area contributed by atoms with Crippen LogP contribution in [0.2, 0.25) is 5.02 Å². The number of halogens is 1. The lowest BCUT2D eigenvalue weighted by atomic mass is 9.85. The van der Waals surface area contributed by atoms with E-state index in [1.165, 1.54) is 11.1 Å². The lowest BCUT2D eigenvalue weighted by Crippen LogP contribution is -2.20. The maximum Gasteiger partial charge on any atom is 0.0587 e. The van der Waals surface area contributed by atoms with E-state index in [1.54, 1.807) is 0 Å². The summed E-state index contributed by atoms with van der Waals surface area (Å²) >= 11 is 6.42. The molecular formula is C22H25ClO2. The fourth-order valence-corrected chi connectivity index (χ4v) is 3.66. The Morgan fingerprint density at radius 2 is 1.80 bits per heavy atom. The SMILES string of the molecule is CCc1ccc(Cc2cc(C3=CC(CO)CC(O)C3)ccc2Cl)cc1. The number of hydrogen-bond acceptors (Lipinski definition) is 2. The van der Waals surface area contributed by atoms with Gasteiger partial charge in [0.1, 0.15) is 0 Å². The van der Waals surface area contributed by atoms with Crippen LogP contribution in [0.15, 0.2) is 48.5 Å². The smallest absolute Gasteiger partial charge is 0.0587 e. The van der Waals surface area contributed by atoms with Crippen LogP contribution in [0.25, 0.3) is 5.57 Å². The molecule has 2 aromatic rings. The van der Waals surface area contributed by atoms with Gasteiger partial charge in [-0.3, -0.25) is 0 Å². The van der Waals surface area contributed by atoms with Crippen molar-refractivity contribution < 1.29 is 10.2 Å². The van der Waals surface area contributed by atoms with Gasteiger partial charge >= 0.3 is 0 Å². The molecule has 2 atom stereocenters. The van der Waals surface area contributed by atoms with Crippen LogP contribution in [0.3, 0.4) is 0 Å². The van der Waals surface area contributed by atoms with E-state index in [-0.39, 0.29) is 12.5 Å². The van der Waals surface area contributed by atoms with Gasteiger partial charge in [0, 0.05) is 17.5 Å². The molecule has 0 radical (unpaired) electrons. The molecular weight excluding hydrogens is 332 g/mol. The minimum Gasteiger partial charge on any atom is -0.396 e. The molecule has 3 rings (SSSR count). The van der Waals surface area contributed by atoms with Crippen molar-refractivity contribution >= 4 is 17.2 Å². The zero-order valence-electron chi connectivity index (χ0n) is 14.6. The molecule has 1 aliphatic rings. The third kappa shape index (κ3) is 4.52. The van der Waals surface area contributed by atoms with E-state index in [4.69, 9.17) is 11.6 Å². The molecule has 3 heteroatoms. The van der Waals surface area contributed by atoms with Crippen molar-refractivity contribution in [1.29, 1.82) is 0 Å². The van der Waals surface area contributed by atoms with E-state index in [2.05, 4.69) is 43.3 Å². The standard InChI is InChI=1S/C22H25ClO2/c1-2-15-3-5-16(6-4-15)9-20-12-18(7-8-22(20)23)19-10-17(14-24)11-21(25)13-19/h3-8,10,12,17,21,24-25H,2,9,11,13-14H2,1H3. The Morgan fingerprint density at radius 1 is 1.08 bits per heavy atom. The van der Waals surface area contributed by atoms with Crippen molar-refractivity contribution in [1.82, 2.24) is 0 Å². The minimum absolute atomic E-state index is 0.0273. The summed E-state index contributed by atoms with van der Waals surface area (Å²) < 4.78 is 0. The van der Waals surface area contributed by atoms with Crippen LogP contribution in [0.5, 0.6) is 0 Å². The highest BCUT2D eigenvalue weighted by Crippen LogP contribution is 2.32. The second-order valence-corrected chi connectivity index (χ2v) is 7.29. The van der Waals surface area contributed by atoms with Crippen LogP contribution in [-0.4, -0.2) is 22.9 Å². The molecule has 1 aliphatic carbocycles. The van der Waals surface area contributed by atoms with E-state index in [0.29, 0.717) is 12.8 Å². The first-order valence-corrected chi connectivity index (χ1v) is 9.33. The summed E-state index contributed by atoms with van der Waals surface area (Å²) in [5.74, 6) is 0.0273. The molecule has 0 aliphatic heterocycles. The molecule has 0 aromatic heterocycles. The van der Waals surface area contributed by atoms with Gasteiger partial charge in [0.05, 0.1) is 6.10 Å². The number of aryl methyl sites for hydroxylation is 1. The number of hydrogen-bond donors (Lipinski definition) is 2. The van der Waals surface area contributed by atoms with E-state index >= 15 is 0 Å². The van der Waals surface area contributed by atoms with E-state index < -0.39 is 6.10 Å². The molecule has 0 saturated heterocycles. The van der Waals surface area contributed by atoms with Crippen LogP contribution < -0.4 is 0 Å². The van der Waals surface area contributed by atoms with Crippen molar-refractivity contribution in [2.45, 2.75) is 38.7 Å². The lowest BCUT2D eigenvalue weighted by molar-refractivity contribution is 0.128. The Bertz CT molecular complexity index is 749. The molecule has 0 amide bonds. The highest BCUT2D eigenvalue weighted by Gasteiger charge is 2.21. The van der Waals surface area contributed by atoms with Gasteiger partial charge in [-0.05, 0) is 65.6 Å². The zero-order valence-corrected chi connectivity index (χ0v) is 15.3. The number of aliphatic hydroxyl groups is 2. The molecule has 0 spiro atoms. The van der Waals surface area contributed by atoms with Crippen LogP contribution >= 0.6 is 11.6 Å². The van der Waals surface area contributed by atoms with Gasteiger partial charge in [0.25, 0.3) is 0 Å². The maximum atomic E-state index is 10.1. The molecule has 0 bridgehead atoms. The Morgan fingerprint density at radius 3 is 2.48 bits per heavy atom. The normalized spacial score (nSPS) is 20.4. The molecule has 2 unspecified atom stereocenters. The van der Waals surface area contributed by atoms with E-state index in [9.17, 15) is 10.2 Å². The van der Waals surface area contributed by atoms with Gasteiger partial charge in [0.15, 0.2) is 0 Å².